The van der Waals surface area contributed by atoms with E-state index < -0.39 is 16.3 Å². The molecule has 1 saturated carbocycles. The highest BCUT2D eigenvalue weighted by atomic mass is 32.2. The molecule has 1 fully saturated rings. The Morgan fingerprint density at radius 3 is 2.76 bits per heavy atom. The van der Waals surface area contributed by atoms with Gasteiger partial charge in [-0.1, -0.05) is 6.42 Å². The van der Waals surface area contributed by atoms with Gasteiger partial charge in [0.05, 0.1) is 6.61 Å². The molecule has 2 atom stereocenters. The Labute approximate surface area is 101 Å². The molecule has 7 nitrogen and oxygen atoms in total. The molecule has 4 N–H and O–H groups in total. The predicted octanol–water partition coefficient (Wildman–Crippen LogP) is -0.306. The van der Waals surface area contributed by atoms with E-state index in [2.05, 4.69) is 9.46 Å². The summed E-state index contributed by atoms with van der Waals surface area (Å²) in [6, 6.07) is -0.202. The number of carbonyl (C=O) groups is 1. The van der Waals surface area contributed by atoms with Gasteiger partial charge < -0.3 is 10.5 Å². The molecular weight excluding hydrogens is 246 g/mol. The molecule has 0 radical (unpaired) electrons. The van der Waals surface area contributed by atoms with Crippen LogP contribution in [0.3, 0.4) is 0 Å². The Balaban J connectivity index is 2.51. The third-order valence-corrected chi connectivity index (χ3v) is 3.81. The maximum Gasteiger partial charge on any atom is 0.421 e. The molecule has 0 aliphatic heterocycles. The van der Waals surface area contributed by atoms with Gasteiger partial charge in [-0.25, -0.2) is 9.52 Å². The molecule has 1 aliphatic rings. The van der Waals surface area contributed by atoms with Crippen molar-refractivity contribution in [2.45, 2.75) is 32.2 Å². The maximum absolute atomic E-state index is 11.6. The average Bonchev–Trinajstić information content (AvgIpc) is 2.63. The monoisotopic (exact) mass is 265 g/mol. The van der Waals surface area contributed by atoms with E-state index in [0.717, 1.165) is 19.3 Å². The molecule has 2 unspecified atom stereocenters. The first-order chi connectivity index (χ1) is 7.98. The largest absolute Gasteiger partial charge is 0.449 e. The Morgan fingerprint density at radius 1 is 1.47 bits per heavy atom. The van der Waals surface area contributed by atoms with Crippen LogP contribution in [0.15, 0.2) is 0 Å². The summed E-state index contributed by atoms with van der Waals surface area (Å²) >= 11 is 0. The van der Waals surface area contributed by atoms with Crippen LogP contribution in [0, 0.1) is 5.92 Å². The standard InChI is InChI=1S/C9H19N3O4S/c1-2-16-9(13)12-17(14,15)11-8-5-3-4-7(8)6-10/h7-8,11H,2-6,10H2,1H3,(H,12,13). The quantitative estimate of drug-likeness (QED) is 0.631. The number of hydrogen-bond donors (Lipinski definition) is 3. The number of nitrogens with one attached hydrogen (secondary N) is 2. The summed E-state index contributed by atoms with van der Waals surface area (Å²) in [7, 11) is -3.86. The van der Waals surface area contributed by atoms with E-state index in [4.69, 9.17) is 5.73 Å². The van der Waals surface area contributed by atoms with Crippen molar-refractivity contribution in [1.29, 1.82) is 0 Å². The summed E-state index contributed by atoms with van der Waals surface area (Å²) in [4.78, 5) is 11.0. The average molecular weight is 265 g/mol. The highest BCUT2D eigenvalue weighted by Gasteiger charge is 2.30. The molecule has 100 valence electrons. The number of hydrogen-bond acceptors (Lipinski definition) is 5. The minimum absolute atomic E-state index is 0.121. The number of carbonyl (C=O) groups excluding carboxylic acids is 1. The zero-order valence-corrected chi connectivity index (χ0v) is 10.6. The minimum atomic E-state index is -3.86. The van der Waals surface area contributed by atoms with Crippen molar-refractivity contribution >= 4 is 16.3 Å². The summed E-state index contributed by atoms with van der Waals surface area (Å²) in [5, 5.41) is 0. The van der Waals surface area contributed by atoms with Gasteiger partial charge in [0.2, 0.25) is 0 Å². The zero-order chi connectivity index (χ0) is 12.9. The van der Waals surface area contributed by atoms with Crippen molar-refractivity contribution in [2.24, 2.45) is 11.7 Å². The number of ether oxygens (including phenoxy) is 1. The molecule has 0 aromatic carbocycles. The van der Waals surface area contributed by atoms with E-state index in [1.807, 2.05) is 0 Å². The van der Waals surface area contributed by atoms with Crippen LogP contribution in [0.5, 0.6) is 0 Å². The summed E-state index contributed by atoms with van der Waals surface area (Å²) in [6.45, 7) is 2.16. The SMILES string of the molecule is CCOC(=O)NS(=O)(=O)NC1CCCC1CN. The fraction of sp³-hybridized carbons (Fsp3) is 0.889. The topological polar surface area (TPSA) is 111 Å². The van der Waals surface area contributed by atoms with Gasteiger partial charge in [0.25, 0.3) is 0 Å². The van der Waals surface area contributed by atoms with Crippen LogP contribution in [0.4, 0.5) is 4.79 Å². The van der Waals surface area contributed by atoms with Crippen LogP contribution in [-0.2, 0) is 14.9 Å². The van der Waals surface area contributed by atoms with Crippen molar-refractivity contribution in [3.8, 4) is 0 Å². The second-order valence-electron chi connectivity index (χ2n) is 3.98. The molecular formula is C9H19N3O4S. The first-order valence-electron chi connectivity index (χ1n) is 5.65. The zero-order valence-electron chi connectivity index (χ0n) is 9.81. The lowest BCUT2D eigenvalue weighted by atomic mass is 10.1. The summed E-state index contributed by atoms with van der Waals surface area (Å²) in [6.07, 6.45) is 1.62. The fourth-order valence-corrected chi connectivity index (χ4v) is 3.02. The van der Waals surface area contributed by atoms with Crippen molar-refractivity contribution in [3.05, 3.63) is 0 Å². The molecule has 0 saturated heterocycles. The third-order valence-electron chi connectivity index (χ3n) is 2.76. The van der Waals surface area contributed by atoms with Gasteiger partial charge in [0.1, 0.15) is 0 Å². The van der Waals surface area contributed by atoms with E-state index in [0.29, 0.717) is 6.54 Å². The van der Waals surface area contributed by atoms with Crippen LogP contribution in [0.25, 0.3) is 0 Å². The molecule has 0 aromatic rings. The van der Waals surface area contributed by atoms with Gasteiger partial charge in [0.15, 0.2) is 0 Å². The maximum atomic E-state index is 11.6. The highest BCUT2D eigenvalue weighted by molar-refractivity contribution is 7.88. The normalized spacial score (nSPS) is 24.6. The van der Waals surface area contributed by atoms with Gasteiger partial charge in [0, 0.05) is 6.04 Å². The molecule has 1 rings (SSSR count). The molecule has 0 aromatic heterocycles. The van der Waals surface area contributed by atoms with Crippen LogP contribution in [-0.4, -0.2) is 33.7 Å². The van der Waals surface area contributed by atoms with Crippen LogP contribution in [0.2, 0.25) is 0 Å². The number of amides is 1. The minimum Gasteiger partial charge on any atom is -0.449 e. The van der Waals surface area contributed by atoms with Crippen molar-refractivity contribution in [1.82, 2.24) is 9.44 Å². The first-order valence-corrected chi connectivity index (χ1v) is 7.13. The van der Waals surface area contributed by atoms with Gasteiger partial charge in [-0.05, 0) is 32.2 Å². The second-order valence-corrected chi connectivity index (χ2v) is 5.42. The Kier molecular flexibility index (Phi) is 5.16. The molecule has 0 spiro atoms. The lowest BCUT2D eigenvalue weighted by Crippen LogP contribution is -2.47. The van der Waals surface area contributed by atoms with Gasteiger partial charge in [-0.2, -0.15) is 13.1 Å². The van der Waals surface area contributed by atoms with Crippen molar-refractivity contribution in [3.63, 3.8) is 0 Å². The van der Waals surface area contributed by atoms with Crippen LogP contribution in [0.1, 0.15) is 26.2 Å². The summed E-state index contributed by atoms with van der Waals surface area (Å²) in [5.41, 5.74) is 5.55. The first kappa shape index (κ1) is 14.2. The third kappa shape index (κ3) is 4.49. The molecule has 1 aliphatic carbocycles. The molecule has 1 amide bonds. The van der Waals surface area contributed by atoms with E-state index in [-0.39, 0.29) is 18.6 Å². The van der Waals surface area contributed by atoms with Crippen LogP contribution < -0.4 is 15.2 Å². The summed E-state index contributed by atoms with van der Waals surface area (Å²) < 4.78 is 31.9. The molecule has 8 heteroatoms. The number of rotatable bonds is 5. The van der Waals surface area contributed by atoms with Crippen LogP contribution >= 0.6 is 0 Å². The Bertz CT molecular complexity index is 357. The van der Waals surface area contributed by atoms with Crippen molar-refractivity contribution < 1.29 is 17.9 Å². The molecule has 17 heavy (non-hydrogen) atoms. The van der Waals surface area contributed by atoms with Gasteiger partial charge in [-0.3, -0.25) is 0 Å². The van der Waals surface area contributed by atoms with Gasteiger partial charge >= 0.3 is 16.3 Å². The Morgan fingerprint density at radius 2 is 2.18 bits per heavy atom. The number of nitrogens with two attached hydrogens (primary N) is 1. The predicted molar refractivity (Wildman–Crippen MR) is 62.4 cm³/mol. The second kappa shape index (κ2) is 6.18. The fourth-order valence-electron chi connectivity index (χ4n) is 1.97. The van der Waals surface area contributed by atoms with E-state index in [1.165, 1.54) is 0 Å². The molecule has 0 heterocycles. The van der Waals surface area contributed by atoms with E-state index in [9.17, 15) is 13.2 Å². The Hall–Kier alpha value is -0.860. The van der Waals surface area contributed by atoms with Crippen molar-refractivity contribution in [2.75, 3.05) is 13.2 Å². The van der Waals surface area contributed by atoms with Gasteiger partial charge in [-0.15, -0.1) is 0 Å². The lowest BCUT2D eigenvalue weighted by molar-refractivity contribution is 0.158. The van der Waals surface area contributed by atoms with E-state index >= 15 is 0 Å². The smallest absolute Gasteiger partial charge is 0.421 e. The van der Waals surface area contributed by atoms with E-state index in [1.54, 1.807) is 11.6 Å². The highest BCUT2D eigenvalue weighted by Crippen LogP contribution is 2.24. The summed E-state index contributed by atoms with van der Waals surface area (Å²) in [5.74, 6) is 0.133. The lowest BCUT2D eigenvalue weighted by Gasteiger charge is -2.19. The molecule has 0 bridgehead atoms.